The topological polar surface area (TPSA) is 57.6 Å². The Balaban J connectivity index is 1.56. The minimum absolute atomic E-state index is 0.202. The number of alkyl halides is 3. The van der Waals surface area contributed by atoms with Crippen molar-refractivity contribution < 1.29 is 13.2 Å². The van der Waals surface area contributed by atoms with Gasteiger partial charge in [-0.15, -0.1) is 0 Å². The normalized spacial score (nSPS) is 11.9. The summed E-state index contributed by atoms with van der Waals surface area (Å²) < 4.78 is 43.7. The van der Waals surface area contributed by atoms with Crippen LogP contribution in [-0.2, 0) is 19.8 Å². The second-order valence-corrected chi connectivity index (χ2v) is 7.68. The van der Waals surface area contributed by atoms with Crippen LogP contribution in [0.3, 0.4) is 0 Å². The lowest BCUT2D eigenvalue weighted by Gasteiger charge is -2.08. The van der Waals surface area contributed by atoms with E-state index in [4.69, 9.17) is 0 Å². The Morgan fingerprint density at radius 2 is 1.67 bits per heavy atom. The Kier molecular flexibility index (Phi) is 4.88. The first-order chi connectivity index (χ1) is 15.8. The van der Waals surface area contributed by atoms with E-state index in [9.17, 15) is 18.0 Å². The van der Waals surface area contributed by atoms with Crippen molar-refractivity contribution in [3.05, 3.63) is 101 Å². The van der Waals surface area contributed by atoms with Crippen molar-refractivity contribution in [3.8, 4) is 16.9 Å². The molecule has 0 aliphatic rings. The molecule has 9 heteroatoms. The van der Waals surface area contributed by atoms with Crippen LogP contribution in [0.15, 0.2) is 83.9 Å². The average Bonchev–Trinajstić information content (AvgIpc) is 3.38. The molecule has 6 nitrogen and oxygen atoms in total. The van der Waals surface area contributed by atoms with E-state index in [0.29, 0.717) is 23.5 Å². The summed E-state index contributed by atoms with van der Waals surface area (Å²) in [5.41, 5.74) is 2.26. The van der Waals surface area contributed by atoms with Crippen LogP contribution < -0.4 is 5.56 Å². The van der Waals surface area contributed by atoms with E-state index < -0.39 is 11.7 Å². The number of aromatic nitrogens is 5. The average molecular weight is 449 g/mol. The van der Waals surface area contributed by atoms with E-state index in [2.05, 4.69) is 10.2 Å². The first-order valence-electron chi connectivity index (χ1n) is 10.1. The van der Waals surface area contributed by atoms with Crippen molar-refractivity contribution in [2.24, 2.45) is 7.05 Å². The highest BCUT2D eigenvalue weighted by Crippen LogP contribution is 2.32. The molecule has 0 aliphatic carbocycles. The van der Waals surface area contributed by atoms with Gasteiger partial charge in [0.2, 0.25) is 0 Å². The first-order valence-corrected chi connectivity index (χ1v) is 10.1. The van der Waals surface area contributed by atoms with Gasteiger partial charge in [-0.2, -0.15) is 23.4 Å². The van der Waals surface area contributed by atoms with Crippen molar-refractivity contribution in [2.45, 2.75) is 12.7 Å². The molecule has 0 N–H and O–H groups in total. The summed E-state index contributed by atoms with van der Waals surface area (Å²) in [7, 11) is 1.81. The summed E-state index contributed by atoms with van der Waals surface area (Å²) >= 11 is 0. The minimum Gasteiger partial charge on any atom is -0.309 e. The zero-order valence-corrected chi connectivity index (χ0v) is 17.5. The lowest BCUT2D eigenvalue weighted by atomic mass is 10.1. The lowest BCUT2D eigenvalue weighted by Crippen LogP contribution is -2.19. The summed E-state index contributed by atoms with van der Waals surface area (Å²) in [5, 5.41) is 9.74. The van der Waals surface area contributed by atoms with Gasteiger partial charge in [0.25, 0.3) is 5.56 Å². The van der Waals surface area contributed by atoms with Crippen LogP contribution in [-0.4, -0.2) is 24.1 Å². The molecule has 0 fully saturated rings. The molecule has 5 aromatic rings. The van der Waals surface area contributed by atoms with Gasteiger partial charge < -0.3 is 4.57 Å². The van der Waals surface area contributed by atoms with E-state index in [0.717, 1.165) is 28.7 Å². The van der Waals surface area contributed by atoms with E-state index in [1.807, 2.05) is 43.6 Å². The first kappa shape index (κ1) is 20.7. The SMILES string of the molecule is Cn1ccc(Cn2ccc(-c3nn(-c4ccc(C(F)(F)F)cc4)c4ccccc34)cc2=O)n1. The summed E-state index contributed by atoms with van der Waals surface area (Å²) in [6.07, 6.45) is -0.901. The fourth-order valence-corrected chi connectivity index (χ4v) is 3.78. The van der Waals surface area contributed by atoms with Crippen LogP contribution in [0, 0.1) is 0 Å². The van der Waals surface area contributed by atoms with Crippen molar-refractivity contribution in [1.82, 2.24) is 24.1 Å². The molecule has 5 rings (SSSR count). The second-order valence-electron chi connectivity index (χ2n) is 7.68. The molecule has 0 bridgehead atoms. The third kappa shape index (κ3) is 3.93. The number of hydrogen-bond donors (Lipinski definition) is 0. The zero-order chi connectivity index (χ0) is 23.2. The van der Waals surface area contributed by atoms with Crippen molar-refractivity contribution >= 4 is 10.9 Å². The number of hydrogen-bond acceptors (Lipinski definition) is 3. The maximum absolute atomic E-state index is 13.0. The highest BCUT2D eigenvalue weighted by atomic mass is 19.4. The predicted octanol–water partition coefficient (Wildman–Crippen LogP) is 4.65. The fourth-order valence-electron chi connectivity index (χ4n) is 3.78. The zero-order valence-electron chi connectivity index (χ0n) is 17.5. The standard InChI is InChI=1S/C24H18F3N5O/c1-30-12-11-18(28-30)15-31-13-10-16(14-22(31)33)23-20-4-2-3-5-21(20)32(29-23)19-8-6-17(7-9-19)24(25,26)27/h2-14H,15H2,1H3. The van der Waals surface area contributed by atoms with Crippen molar-refractivity contribution in [3.63, 3.8) is 0 Å². The molecule has 166 valence electrons. The van der Waals surface area contributed by atoms with Crippen LogP contribution in [0.1, 0.15) is 11.3 Å². The van der Waals surface area contributed by atoms with Gasteiger partial charge in [-0.05, 0) is 42.5 Å². The fraction of sp³-hybridized carbons (Fsp3) is 0.125. The summed E-state index contributed by atoms with van der Waals surface area (Å²) in [6.45, 7) is 0.348. The Bertz CT molecular complexity index is 1510. The molecule has 2 aromatic carbocycles. The molecule has 0 aliphatic heterocycles. The molecular formula is C24H18F3N5O. The highest BCUT2D eigenvalue weighted by molar-refractivity contribution is 5.94. The van der Waals surface area contributed by atoms with E-state index in [1.54, 1.807) is 26.2 Å². The molecule has 0 radical (unpaired) electrons. The molecule has 33 heavy (non-hydrogen) atoms. The van der Waals surface area contributed by atoms with E-state index >= 15 is 0 Å². The number of pyridine rings is 1. The number of nitrogens with zero attached hydrogens (tertiary/aromatic N) is 5. The summed E-state index contributed by atoms with van der Waals surface area (Å²) in [5.74, 6) is 0. The van der Waals surface area contributed by atoms with Gasteiger partial charge in [-0.3, -0.25) is 9.48 Å². The summed E-state index contributed by atoms with van der Waals surface area (Å²) in [6, 6.07) is 17.4. The number of halogens is 3. The third-order valence-electron chi connectivity index (χ3n) is 5.40. The van der Waals surface area contributed by atoms with Gasteiger partial charge in [0.15, 0.2) is 0 Å². The number of para-hydroxylation sites is 1. The quantitative estimate of drug-likeness (QED) is 0.401. The number of fused-ring (bicyclic) bond motifs is 1. The van der Waals surface area contributed by atoms with Gasteiger partial charge in [-0.1, -0.05) is 18.2 Å². The molecule has 0 atom stereocenters. The molecule has 0 spiro atoms. The van der Waals surface area contributed by atoms with Crippen LogP contribution in [0.4, 0.5) is 13.2 Å². The third-order valence-corrected chi connectivity index (χ3v) is 5.40. The van der Waals surface area contributed by atoms with Crippen LogP contribution in [0.25, 0.3) is 27.8 Å². The highest BCUT2D eigenvalue weighted by Gasteiger charge is 2.30. The molecule has 0 unspecified atom stereocenters. The Morgan fingerprint density at radius 1 is 0.909 bits per heavy atom. The number of rotatable bonds is 4. The molecule has 0 amide bonds. The molecule has 3 aromatic heterocycles. The molecule has 0 saturated carbocycles. The Hall–Kier alpha value is -4.14. The van der Waals surface area contributed by atoms with Gasteiger partial charge in [0.05, 0.1) is 29.0 Å². The Labute approximate surface area is 186 Å². The predicted molar refractivity (Wildman–Crippen MR) is 118 cm³/mol. The smallest absolute Gasteiger partial charge is 0.309 e. The molecular weight excluding hydrogens is 431 g/mol. The summed E-state index contributed by atoms with van der Waals surface area (Å²) in [4.78, 5) is 12.8. The van der Waals surface area contributed by atoms with Crippen molar-refractivity contribution in [1.29, 1.82) is 0 Å². The van der Waals surface area contributed by atoms with Gasteiger partial charge >= 0.3 is 6.18 Å². The van der Waals surface area contributed by atoms with Crippen LogP contribution >= 0.6 is 0 Å². The van der Waals surface area contributed by atoms with Crippen LogP contribution in [0.5, 0.6) is 0 Å². The van der Waals surface area contributed by atoms with Gasteiger partial charge in [0.1, 0.15) is 5.69 Å². The van der Waals surface area contributed by atoms with Gasteiger partial charge in [0, 0.05) is 36.5 Å². The van der Waals surface area contributed by atoms with Crippen molar-refractivity contribution in [2.75, 3.05) is 0 Å². The second kappa shape index (κ2) is 7.77. The minimum atomic E-state index is -4.41. The Morgan fingerprint density at radius 3 is 2.33 bits per heavy atom. The molecule has 3 heterocycles. The monoisotopic (exact) mass is 449 g/mol. The lowest BCUT2D eigenvalue weighted by molar-refractivity contribution is -0.137. The molecule has 0 saturated heterocycles. The largest absolute Gasteiger partial charge is 0.416 e. The van der Waals surface area contributed by atoms with Gasteiger partial charge in [-0.25, -0.2) is 4.68 Å². The number of benzene rings is 2. The number of aryl methyl sites for hydroxylation is 1. The van der Waals surface area contributed by atoms with E-state index in [-0.39, 0.29) is 5.56 Å². The van der Waals surface area contributed by atoms with E-state index in [1.165, 1.54) is 18.2 Å². The maximum Gasteiger partial charge on any atom is 0.416 e. The maximum atomic E-state index is 13.0. The van der Waals surface area contributed by atoms with Crippen LogP contribution in [0.2, 0.25) is 0 Å².